The fourth-order valence-corrected chi connectivity index (χ4v) is 6.85. The van der Waals surface area contributed by atoms with Gasteiger partial charge in [-0.2, -0.15) is 0 Å². The lowest BCUT2D eigenvalue weighted by atomic mass is 10.4. The average Bonchev–Trinajstić information content (AvgIpc) is 2.68. The molecular weight excluding hydrogens is 375 g/mol. The van der Waals surface area contributed by atoms with Gasteiger partial charge in [-0.25, -0.2) is 0 Å². The zero-order valence-electron chi connectivity index (χ0n) is 15.7. The second-order valence-electron chi connectivity index (χ2n) is 5.40. The van der Waals surface area contributed by atoms with Gasteiger partial charge in [0.25, 0.3) is 0 Å². The zero-order valence-corrected chi connectivity index (χ0v) is 16.2. The van der Waals surface area contributed by atoms with Crippen molar-refractivity contribution in [2.24, 2.45) is 0 Å². The fraction of sp³-hybridized carbons (Fsp3) is 0.0909. The molecule has 2 heteroatoms. The summed E-state index contributed by atoms with van der Waals surface area (Å²) in [5.74, 6) is 0. The first-order chi connectivity index (χ1) is 12.1. The van der Waals surface area contributed by atoms with Crippen LogP contribution in [0.5, 0.6) is 0 Å². The Kier molecular flexibility index (Phi) is 5.91. The van der Waals surface area contributed by atoms with Crippen molar-refractivity contribution in [2.45, 2.75) is 6.92 Å². The summed E-state index contributed by atoms with van der Waals surface area (Å²) in [4.78, 5) is 0. The van der Waals surface area contributed by atoms with Gasteiger partial charge in [-0.1, -0.05) is 66.7 Å². The van der Waals surface area contributed by atoms with E-state index in [1.807, 2.05) is 18.2 Å². The molecule has 0 heterocycles. The van der Waals surface area contributed by atoms with Crippen LogP contribution in [0.2, 0.25) is 0 Å². The number of halogens is 1. The first-order valence-electron chi connectivity index (χ1n) is 8.82. The summed E-state index contributed by atoms with van der Waals surface area (Å²) in [5.41, 5.74) is 0. The standard InChI is InChI=1S/C22H22P.BrH/c1-2-3-19-23(20-13-7-4-8-14-20,21-15-9-5-10-16-21)22-17-11-6-12-18-22;/h2-18H,19H2,1H3;1H/q+1;/p-1/b3-2+;/i2D,3D;. The summed E-state index contributed by atoms with van der Waals surface area (Å²) < 4.78 is 16.4. The Morgan fingerprint density at radius 2 is 1.04 bits per heavy atom. The molecule has 3 aromatic rings. The molecule has 0 aliphatic carbocycles. The van der Waals surface area contributed by atoms with Crippen molar-refractivity contribution in [3.05, 3.63) is 103 Å². The minimum atomic E-state index is -2.03. The molecule has 24 heavy (non-hydrogen) atoms. The van der Waals surface area contributed by atoms with E-state index in [4.69, 9.17) is 2.74 Å². The van der Waals surface area contributed by atoms with Crippen molar-refractivity contribution in [3.8, 4) is 0 Å². The van der Waals surface area contributed by atoms with Gasteiger partial charge in [0.05, 0.1) is 8.90 Å². The van der Waals surface area contributed by atoms with Gasteiger partial charge in [0, 0.05) is 0 Å². The first kappa shape index (κ1) is 15.8. The highest BCUT2D eigenvalue weighted by molar-refractivity contribution is 7.95. The number of benzene rings is 3. The van der Waals surface area contributed by atoms with E-state index in [1.165, 1.54) is 15.9 Å². The van der Waals surface area contributed by atoms with Crippen molar-refractivity contribution in [3.63, 3.8) is 0 Å². The molecule has 0 N–H and O–H groups in total. The number of hydrogen-bond acceptors (Lipinski definition) is 0. The van der Waals surface area contributed by atoms with Gasteiger partial charge in [0.15, 0.2) is 0 Å². The van der Waals surface area contributed by atoms with Gasteiger partial charge in [-0.15, -0.1) is 0 Å². The summed E-state index contributed by atoms with van der Waals surface area (Å²) in [6.07, 6.45) is 0.570. The van der Waals surface area contributed by atoms with Crippen LogP contribution in [0.15, 0.2) is 103 Å². The molecule has 3 rings (SSSR count). The largest absolute Gasteiger partial charge is 1.00 e. The minimum Gasteiger partial charge on any atom is -1.00 e. The normalized spacial score (nSPS) is 13.2. The summed E-state index contributed by atoms with van der Waals surface area (Å²) in [6, 6.07) is 32.2. The topological polar surface area (TPSA) is 0 Å². The quantitative estimate of drug-likeness (QED) is 0.451. The van der Waals surface area contributed by atoms with Gasteiger partial charge in [0.1, 0.15) is 23.2 Å². The summed E-state index contributed by atoms with van der Waals surface area (Å²) in [6.45, 7) is 1.71. The molecule has 0 fully saturated rings. The van der Waals surface area contributed by atoms with Crippen LogP contribution < -0.4 is 32.9 Å². The molecule has 0 radical (unpaired) electrons. The van der Waals surface area contributed by atoms with E-state index in [9.17, 15) is 0 Å². The van der Waals surface area contributed by atoms with Crippen molar-refractivity contribution < 1.29 is 19.7 Å². The van der Waals surface area contributed by atoms with Crippen molar-refractivity contribution >= 4 is 23.2 Å². The van der Waals surface area contributed by atoms with Crippen molar-refractivity contribution in [1.82, 2.24) is 0 Å². The third kappa shape index (κ3) is 3.69. The molecule has 0 spiro atoms. The molecule has 122 valence electrons. The Morgan fingerprint density at radius 3 is 1.33 bits per heavy atom. The molecule has 0 nitrogen and oxygen atoms in total. The van der Waals surface area contributed by atoms with Gasteiger partial charge >= 0.3 is 0 Å². The summed E-state index contributed by atoms with van der Waals surface area (Å²) in [7, 11) is -2.03. The highest BCUT2D eigenvalue weighted by Crippen LogP contribution is 2.55. The SMILES string of the molecule is [2H]/C(C)=C(/[2H])C[P+](c1ccccc1)(c1ccccc1)c1ccccc1.[Br-]. The van der Waals surface area contributed by atoms with Crippen LogP contribution in [0, 0.1) is 0 Å². The lowest BCUT2D eigenvalue weighted by Crippen LogP contribution is -3.00. The molecule has 0 bridgehead atoms. The van der Waals surface area contributed by atoms with Crippen molar-refractivity contribution in [1.29, 1.82) is 0 Å². The Hall–Kier alpha value is -1.69. The van der Waals surface area contributed by atoms with E-state index < -0.39 is 7.26 Å². The van der Waals surface area contributed by atoms with E-state index in [0.29, 0.717) is 18.3 Å². The third-order valence-corrected chi connectivity index (χ3v) is 8.26. The third-order valence-electron chi connectivity index (χ3n) is 4.08. The summed E-state index contributed by atoms with van der Waals surface area (Å²) in [5, 5.41) is 3.75. The molecule has 0 amide bonds. The molecular formula is C22H22BrP. The van der Waals surface area contributed by atoms with Gasteiger partial charge < -0.3 is 17.0 Å². The smallest absolute Gasteiger partial charge is 0.115 e. The first-order valence-corrected chi connectivity index (χ1v) is 9.80. The molecule has 3 aromatic carbocycles. The van der Waals surface area contributed by atoms with Crippen molar-refractivity contribution in [2.75, 3.05) is 6.16 Å². The Bertz CT molecular complexity index is 748. The summed E-state index contributed by atoms with van der Waals surface area (Å²) >= 11 is 0. The van der Waals surface area contributed by atoms with Crippen LogP contribution in [0.1, 0.15) is 9.67 Å². The van der Waals surface area contributed by atoms with Crippen LogP contribution in [0.3, 0.4) is 0 Å². The Labute approximate surface area is 159 Å². The predicted molar refractivity (Wildman–Crippen MR) is 105 cm³/mol. The Morgan fingerprint density at radius 1 is 0.708 bits per heavy atom. The molecule has 0 atom stereocenters. The molecule has 0 aliphatic heterocycles. The number of allylic oxidation sites excluding steroid dienone is 2. The fourth-order valence-electron chi connectivity index (χ4n) is 2.97. The maximum atomic E-state index is 8.45. The second-order valence-corrected chi connectivity index (χ2v) is 8.89. The van der Waals surface area contributed by atoms with Crippen LogP contribution in [0.4, 0.5) is 0 Å². The van der Waals surface area contributed by atoms with E-state index >= 15 is 0 Å². The van der Waals surface area contributed by atoms with Gasteiger partial charge in [0.2, 0.25) is 0 Å². The zero-order chi connectivity index (χ0) is 17.7. The number of rotatable bonds is 5. The molecule has 0 aromatic heterocycles. The maximum Gasteiger partial charge on any atom is 0.115 e. The van der Waals surface area contributed by atoms with E-state index in [-0.39, 0.29) is 17.0 Å². The monoisotopic (exact) mass is 398 g/mol. The lowest BCUT2D eigenvalue weighted by molar-refractivity contribution is -0.00000450. The highest BCUT2D eigenvalue weighted by atomic mass is 79.9. The lowest BCUT2D eigenvalue weighted by Gasteiger charge is -2.26. The second kappa shape index (κ2) is 8.97. The van der Waals surface area contributed by atoms with Gasteiger partial charge in [-0.05, 0) is 43.3 Å². The molecule has 0 unspecified atom stereocenters. The van der Waals surface area contributed by atoms with Crippen LogP contribution >= 0.6 is 7.26 Å². The average molecular weight is 399 g/mol. The predicted octanol–water partition coefficient (Wildman–Crippen LogP) is 1.56. The maximum absolute atomic E-state index is 8.45. The van der Waals surface area contributed by atoms with Crippen LogP contribution in [-0.2, 0) is 0 Å². The van der Waals surface area contributed by atoms with E-state index in [0.717, 1.165) is 0 Å². The van der Waals surface area contributed by atoms with E-state index in [2.05, 4.69) is 72.8 Å². The molecule has 0 saturated heterocycles. The number of hydrogen-bond donors (Lipinski definition) is 0. The molecule has 0 aliphatic rings. The Balaban J connectivity index is 0.00000243. The van der Waals surface area contributed by atoms with Crippen LogP contribution in [0.25, 0.3) is 0 Å². The van der Waals surface area contributed by atoms with E-state index in [1.54, 1.807) is 6.92 Å². The highest BCUT2D eigenvalue weighted by Gasteiger charge is 2.43. The molecule has 0 saturated carbocycles. The van der Waals surface area contributed by atoms with Crippen LogP contribution in [-0.4, -0.2) is 6.16 Å². The van der Waals surface area contributed by atoms with Gasteiger partial charge in [-0.3, -0.25) is 0 Å². The minimum absolute atomic E-state index is 0.